The van der Waals surface area contributed by atoms with E-state index in [9.17, 15) is 0 Å². The molecular weight excluding hydrogens is 506 g/mol. The molecule has 7 aromatic rings. The number of aromatic nitrogens is 2. The van der Waals surface area contributed by atoms with Crippen LogP contribution in [-0.2, 0) is 0 Å². The molecule has 3 nitrogen and oxygen atoms in total. The van der Waals surface area contributed by atoms with E-state index in [1.54, 1.807) is 0 Å². The molecule has 2 heterocycles. The molecule has 0 saturated heterocycles. The topological polar surface area (TPSA) is 38.9 Å². The second-order valence-corrected chi connectivity index (χ2v) is 10.2. The first-order valence-corrected chi connectivity index (χ1v) is 13.4. The Morgan fingerprint density at radius 3 is 1.57 bits per heavy atom. The third-order valence-corrected chi connectivity index (χ3v) is 7.58. The van der Waals surface area contributed by atoms with Crippen molar-refractivity contribution in [2.45, 2.75) is 0 Å². The summed E-state index contributed by atoms with van der Waals surface area (Å²) < 4.78 is 6.25. The van der Waals surface area contributed by atoms with Crippen molar-refractivity contribution >= 4 is 88.5 Å². The zero-order chi connectivity index (χ0) is 29.0. The molecule has 0 saturated carbocycles. The summed E-state index contributed by atoms with van der Waals surface area (Å²) in [7, 11) is 30.8. The lowest BCUT2D eigenvalue weighted by Crippen LogP contribution is -2.55. The van der Waals surface area contributed by atoms with Crippen molar-refractivity contribution < 1.29 is 4.42 Å². The number of hydrogen-bond acceptors (Lipinski definition) is 3. The van der Waals surface area contributed by atoms with Crippen LogP contribution in [0.25, 0.3) is 67.0 Å². The van der Waals surface area contributed by atoms with Gasteiger partial charge in [-0.05, 0) is 47.5 Å². The Labute approximate surface area is 250 Å². The van der Waals surface area contributed by atoms with Gasteiger partial charge < -0.3 is 4.42 Å². The van der Waals surface area contributed by atoms with Crippen molar-refractivity contribution in [2.75, 3.05) is 0 Å². The van der Waals surface area contributed by atoms with E-state index in [1.807, 2.05) is 97.1 Å². The summed E-state index contributed by atoms with van der Waals surface area (Å²) in [5.74, 6) is 0.622. The Kier molecular flexibility index (Phi) is 6.43. The van der Waals surface area contributed by atoms with Gasteiger partial charge in [-0.15, -0.1) is 16.4 Å². The maximum atomic E-state index is 6.31. The molecule has 0 fully saturated rings. The van der Waals surface area contributed by atoms with E-state index in [2.05, 4.69) is 6.07 Å². The molecule has 42 heavy (non-hydrogen) atoms. The smallest absolute Gasteiger partial charge is 0.160 e. The predicted molar refractivity (Wildman–Crippen MR) is 178 cm³/mol. The van der Waals surface area contributed by atoms with Gasteiger partial charge in [0.2, 0.25) is 0 Å². The molecule has 5 aromatic carbocycles. The van der Waals surface area contributed by atoms with E-state index in [0.29, 0.717) is 17.0 Å². The molecule has 2 aromatic heterocycles. The van der Waals surface area contributed by atoms with E-state index >= 15 is 0 Å². The molecule has 0 spiro atoms. The lowest BCUT2D eigenvalue weighted by atomic mass is 9.59. The van der Waals surface area contributed by atoms with E-state index < -0.39 is 0 Å². The standard InChI is InChI=1S/C34H17B5N2O/c35-29-28(30(36)32(38)33(39)31(29)37)20-11-13-22-23-15-21(12-14-26(23)42-27(22)16-20)34-40-24(18-7-3-1-4-8-18)17-25(41-34)19-9-5-2-6-10-19/h1-17H. The minimum absolute atomic E-state index is 0.181. The minimum Gasteiger partial charge on any atom is -0.456 e. The van der Waals surface area contributed by atoms with Gasteiger partial charge in [-0.25, -0.2) is 9.97 Å². The Bertz CT molecular complexity index is 2060. The van der Waals surface area contributed by atoms with Crippen LogP contribution in [0.1, 0.15) is 0 Å². The average Bonchev–Trinajstić information content (AvgIpc) is 3.41. The number of benzene rings is 5. The summed E-state index contributed by atoms with van der Waals surface area (Å²) in [4.78, 5) is 9.93. The van der Waals surface area contributed by atoms with Crippen molar-refractivity contribution in [3.63, 3.8) is 0 Å². The van der Waals surface area contributed by atoms with Crippen LogP contribution in [0.2, 0.25) is 0 Å². The third-order valence-electron chi connectivity index (χ3n) is 7.58. The van der Waals surface area contributed by atoms with Gasteiger partial charge in [0, 0.05) is 27.5 Å². The quantitative estimate of drug-likeness (QED) is 0.333. The van der Waals surface area contributed by atoms with Crippen molar-refractivity contribution in [1.82, 2.24) is 9.97 Å². The van der Waals surface area contributed by atoms with Crippen molar-refractivity contribution in [3.8, 4) is 45.0 Å². The zero-order valence-electron chi connectivity index (χ0n) is 22.5. The van der Waals surface area contributed by atoms with Gasteiger partial charge in [-0.2, -0.15) is 0 Å². The first-order valence-electron chi connectivity index (χ1n) is 13.4. The molecule has 0 unspecified atom stereocenters. The van der Waals surface area contributed by atoms with Crippen LogP contribution in [0.5, 0.6) is 0 Å². The monoisotopic (exact) mass is 524 g/mol. The molecule has 184 valence electrons. The fraction of sp³-hybridized carbons (Fsp3) is 0. The summed E-state index contributed by atoms with van der Waals surface area (Å²) in [5.41, 5.74) is 8.39. The summed E-state index contributed by atoms with van der Waals surface area (Å²) in [6.07, 6.45) is 0. The highest BCUT2D eigenvalue weighted by atomic mass is 16.3. The van der Waals surface area contributed by atoms with Crippen LogP contribution in [-0.4, -0.2) is 49.2 Å². The summed E-state index contributed by atoms with van der Waals surface area (Å²) in [5, 5.41) is 1.85. The average molecular weight is 524 g/mol. The normalized spacial score (nSPS) is 11.3. The van der Waals surface area contributed by atoms with Crippen LogP contribution in [0.4, 0.5) is 0 Å². The second kappa shape index (κ2) is 10.3. The molecule has 0 aliphatic carbocycles. The molecule has 0 bridgehead atoms. The van der Waals surface area contributed by atoms with Gasteiger partial charge >= 0.3 is 0 Å². The van der Waals surface area contributed by atoms with E-state index in [4.69, 9.17) is 53.6 Å². The Balaban J connectivity index is 1.38. The number of furan rings is 1. The molecule has 0 amide bonds. The fourth-order valence-electron chi connectivity index (χ4n) is 5.32. The first-order chi connectivity index (χ1) is 20.4. The zero-order valence-corrected chi connectivity index (χ0v) is 22.5. The number of nitrogens with zero attached hydrogens (tertiary/aromatic N) is 2. The molecule has 8 heteroatoms. The highest BCUT2D eigenvalue weighted by molar-refractivity contribution is 6.68. The second-order valence-electron chi connectivity index (χ2n) is 10.2. The van der Waals surface area contributed by atoms with Crippen LogP contribution >= 0.6 is 0 Å². The number of rotatable bonds is 4. The highest BCUT2D eigenvalue weighted by Gasteiger charge is 2.16. The predicted octanol–water partition coefficient (Wildman–Crippen LogP) is 3.01. The molecule has 0 atom stereocenters. The van der Waals surface area contributed by atoms with Crippen molar-refractivity contribution in [2.24, 2.45) is 0 Å². The van der Waals surface area contributed by atoms with Gasteiger partial charge in [0.25, 0.3) is 0 Å². The van der Waals surface area contributed by atoms with Gasteiger partial charge in [-0.3, -0.25) is 0 Å². The van der Waals surface area contributed by atoms with E-state index in [-0.39, 0.29) is 27.3 Å². The molecule has 0 aliphatic heterocycles. The maximum Gasteiger partial charge on any atom is 0.160 e. The van der Waals surface area contributed by atoms with Crippen LogP contribution in [0.15, 0.2) is 108 Å². The van der Waals surface area contributed by atoms with Crippen LogP contribution in [0.3, 0.4) is 0 Å². The lowest BCUT2D eigenvalue weighted by molar-refractivity contribution is 0.669. The SMILES string of the molecule is [B]c1c([B])c([B])c(-c2ccc3c(c2)oc2ccc(-c4nc(-c5ccccc5)cc(-c5ccccc5)n4)cc23)c([B])c1[B]. The Hall–Kier alpha value is -4.70. The van der Waals surface area contributed by atoms with Crippen molar-refractivity contribution in [3.05, 3.63) is 103 Å². The van der Waals surface area contributed by atoms with Gasteiger partial charge in [0.1, 0.15) is 50.4 Å². The van der Waals surface area contributed by atoms with Crippen LogP contribution < -0.4 is 27.3 Å². The third kappa shape index (κ3) is 4.39. The van der Waals surface area contributed by atoms with Crippen LogP contribution in [0, 0.1) is 0 Å². The van der Waals surface area contributed by atoms with E-state index in [1.165, 1.54) is 0 Å². The molecule has 10 radical (unpaired) electrons. The number of hydrogen-bond donors (Lipinski definition) is 0. The molecular formula is C34H17B5N2O. The van der Waals surface area contributed by atoms with Gasteiger partial charge in [0.15, 0.2) is 5.82 Å². The molecule has 0 N–H and O–H groups in total. The summed E-state index contributed by atoms with van der Waals surface area (Å²) in [6.45, 7) is 0. The fourth-order valence-corrected chi connectivity index (χ4v) is 5.32. The largest absolute Gasteiger partial charge is 0.456 e. The van der Waals surface area contributed by atoms with Crippen molar-refractivity contribution in [1.29, 1.82) is 0 Å². The summed E-state index contributed by atoms with van der Waals surface area (Å²) >= 11 is 0. The Morgan fingerprint density at radius 2 is 0.976 bits per heavy atom. The lowest BCUT2D eigenvalue weighted by Gasteiger charge is -2.21. The molecule has 0 aliphatic rings. The highest BCUT2D eigenvalue weighted by Crippen LogP contribution is 2.35. The van der Waals surface area contributed by atoms with Gasteiger partial charge in [-0.1, -0.05) is 77.7 Å². The van der Waals surface area contributed by atoms with E-state index in [0.717, 1.165) is 50.0 Å². The number of fused-ring (bicyclic) bond motifs is 3. The Morgan fingerprint density at radius 1 is 0.429 bits per heavy atom. The maximum absolute atomic E-state index is 6.31. The first kappa shape index (κ1) is 26.2. The van der Waals surface area contributed by atoms with Gasteiger partial charge in [0.05, 0.1) is 11.4 Å². The molecule has 7 rings (SSSR count). The minimum atomic E-state index is 0.181. The summed E-state index contributed by atoms with van der Waals surface area (Å²) in [6, 6.07) is 34.0.